The van der Waals surface area contributed by atoms with Gasteiger partial charge in [-0.3, -0.25) is 9.59 Å². The maximum absolute atomic E-state index is 13.8. The SMILES string of the molecule is COc1ccccc1N1C(=O)[C@@H]2[C@H]3c4ccccc4[C@@H](c4ccc(C)cc43)[C@@H]2C1=O. The van der Waals surface area contributed by atoms with Gasteiger partial charge < -0.3 is 4.74 Å². The Balaban J connectivity index is 1.58. The average molecular weight is 395 g/mol. The highest BCUT2D eigenvalue weighted by Crippen LogP contribution is 2.61. The topological polar surface area (TPSA) is 46.6 Å². The van der Waals surface area contributed by atoms with E-state index in [0.29, 0.717) is 11.4 Å². The highest BCUT2D eigenvalue weighted by atomic mass is 16.5. The van der Waals surface area contributed by atoms with E-state index in [2.05, 4.69) is 37.3 Å². The monoisotopic (exact) mass is 395 g/mol. The Hall–Kier alpha value is -3.40. The molecule has 0 aromatic heterocycles. The molecule has 4 heteroatoms. The van der Waals surface area contributed by atoms with Crippen molar-refractivity contribution in [3.8, 4) is 5.75 Å². The van der Waals surface area contributed by atoms with E-state index in [1.165, 1.54) is 32.7 Å². The van der Waals surface area contributed by atoms with Crippen molar-refractivity contribution in [2.24, 2.45) is 11.8 Å². The second-order valence-corrected chi connectivity index (χ2v) is 8.45. The molecule has 30 heavy (non-hydrogen) atoms. The molecule has 4 atom stereocenters. The first-order chi connectivity index (χ1) is 14.6. The summed E-state index contributed by atoms with van der Waals surface area (Å²) >= 11 is 0. The van der Waals surface area contributed by atoms with Crippen molar-refractivity contribution in [1.82, 2.24) is 0 Å². The van der Waals surface area contributed by atoms with Crippen molar-refractivity contribution < 1.29 is 14.3 Å². The molecule has 0 N–H and O–H groups in total. The Morgan fingerprint density at radius 3 is 1.97 bits per heavy atom. The molecule has 3 aliphatic carbocycles. The van der Waals surface area contributed by atoms with Crippen molar-refractivity contribution in [2.45, 2.75) is 18.8 Å². The summed E-state index contributed by atoms with van der Waals surface area (Å²) in [7, 11) is 1.56. The minimum absolute atomic E-state index is 0.0945. The van der Waals surface area contributed by atoms with Crippen LogP contribution in [0.4, 0.5) is 5.69 Å². The number of ether oxygens (including phenoxy) is 1. The lowest BCUT2D eigenvalue weighted by atomic mass is 9.55. The summed E-state index contributed by atoms with van der Waals surface area (Å²) in [6, 6.07) is 22.0. The van der Waals surface area contributed by atoms with Crippen LogP contribution >= 0.6 is 0 Å². The van der Waals surface area contributed by atoms with Crippen LogP contribution in [0.15, 0.2) is 66.7 Å². The fourth-order valence-corrected chi connectivity index (χ4v) is 5.90. The maximum Gasteiger partial charge on any atom is 0.238 e. The quantitative estimate of drug-likeness (QED) is 0.604. The van der Waals surface area contributed by atoms with Crippen LogP contribution in [-0.2, 0) is 9.59 Å². The third kappa shape index (κ3) is 2.06. The summed E-state index contributed by atoms with van der Waals surface area (Å²) in [5, 5.41) is 0. The highest BCUT2D eigenvalue weighted by Gasteiger charge is 2.62. The predicted octanol–water partition coefficient (Wildman–Crippen LogP) is 4.40. The van der Waals surface area contributed by atoms with Gasteiger partial charge in [-0.25, -0.2) is 4.90 Å². The van der Waals surface area contributed by atoms with Crippen molar-refractivity contribution in [2.75, 3.05) is 12.0 Å². The van der Waals surface area contributed by atoms with E-state index in [9.17, 15) is 9.59 Å². The molecule has 0 saturated carbocycles. The van der Waals surface area contributed by atoms with Gasteiger partial charge in [-0.2, -0.15) is 0 Å². The van der Waals surface area contributed by atoms with Crippen molar-refractivity contribution in [3.63, 3.8) is 0 Å². The van der Waals surface area contributed by atoms with Crippen LogP contribution < -0.4 is 9.64 Å². The van der Waals surface area contributed by atoms with Crippen LogP contribution in [-0.4, -0.2) is 18.9 Å². The van der Waals surface area contributed by atoms with Gasteiger partial charge in [0, 0.05) is 11.8 Å². The number of imide groups is 1. The van der Waals surface area contributed by atoms with Crippen molar-refractivity contribution in [3.05, 3.63) is 94.5 Å². The van der Waals surface area contributed by atoms with E-state index < -0.39 is 0 Å². The minimum Gasteiger partial charge on any atom is -0.495 e. The van der Waals surface area contributed by atoms with Gasteiger partial charge >= 0.3 is 0 Å². The van der Waals surface area contributed by atoms with Gasteiger partial charge in [0.05, 0.1) is 24.6 Å². The lowest BCUT2D eigenvalue weighted by Crippen LogP contribution is -2.41. The fraction of sp³-hybridized carbons (Fsp3) is 0.231. The molecule has 1 heterocycles. The Kier molecular flexibility index (Phi) is 3.52. The summed E-state index contributed by atoms with van der Waals surface area (Å²) in [5.74, 6) is -0.646. The van der Waals surface area contributed by atoms with Crippen LogP contribution in [0.1, 0.15) is 39.7 Å². The molecule has 4 aliphatic rings. The molecule has 0 unspecified atom stereocenters. The lowest BCUT2D eigenvalue weighted by molar-refractivity contribution is -0.122. The molecule has 1 fully saturated rings. The van der Waals surface area contributed by atoms with Gasteiger partial charge in [0.25, 0.3) is 0 Å². The lowest BCUT2D eigenvalue weighted by Gasteiger charge is -2.46. The smallest absolute Gasteiger partial charge is 0.238 e. The van der Waals surface area contributed by atoms with E-state index in [1.807, 2.05) is 24.3 Å². The molecule has 148 valence electrons. The van der Waals surface area contributed by atoms with E-state index in [4.69, 9.17) is 4.74 Å². The van der Waals surface area contributed by atoms with Crippen LogP contribution in [0, 0.1) is 18.8 Å². The van der Waals surface area contributed by atoms with Gasteiger partial charge in [0.15, 0.2) is 0 Å². The number of hydrogen-bond donors (Lipinski definition) is 0. The summed E-state index contributed by atoms with van der Waals surface area (Å²) in [6.07, 6.45) is 0. The van der Waals surface area contributed by atoms with Crippen LogP contribution in [0.2, 0.25) is 0 Å². The van der Waals surface area contributed by atoms with Gasteiger partial charge in [0.1, 0.15) is 5.75 Å². The Labute approximate surface area is 175 Å². The molecule has 3 aromatic carbocycles. The summed E-state index contributed by atoms with van der Waals surface area (Å²) < 4.78 is 5.47. The summed E-state index contributed by atoms with van der Waals surface area (Å²) in [6.45, 7) is 2.08. The number of carbonyl (C=O) groups excluding carboxylic acids is 2. The molecule has 2 amide bonds. The van der Waals surface area contributed by atoms with E-state index in [-0.39, 0.29) is 35.5 Å². The average Bonchev–Trinajstić information content (AvgIpc) is 3.04. The second kappa shape index (κ2) is 6.05. The first-order valence-corrected chi connectivity index (χ1v) is 10.3. The molecule has 4 nitrogen and oxygen atoms in total. The first-order valence-electron chi connectivity index (χ1n) is 10.3. The van der Waals surface area contributed by atoms with E-state index >= 15 is 0 Å². The maximum atomic E-state index is 13.8. The zero-order chi connectivity index (χ0) is 20.6. The minimum atomic E-state index is -0.378. The molecular formula is C26H21NO3. The molecule has 0 radical (unpaired) electrons. The number of rotatable bonds is 2. The summed E-state index contributed by atoms with van der Waals surface area (Å²) in [4.78, 5) is 28.9. The number of hydrogen-bond acceptors (Lipinski definition) is 3. The van der Waals surface area contributed by atoms with Crippen molar-refractivity contribution >= 4 is 17.5 Å². The number of carbonyl (C=O) groups is 2. The molecule has 7 rings (SSSR count). The zero-order valence-corrected chi connectivity index (χ0v) is 16.8. The van der Waals surface area contributed by atoms with Gasteiger partial charge in [0.2, 0.25) is 11.8 Å². The molecule has 1 aliphatic heterocycles. The molecular weight excluding hydrogens is 374 g/mol. The van der Waals surface area contributed by atoms with E-state index in [0.717, 1.165) is 0 Å². The molecule has 1 saturated heterocycles. The largest absolute Gasteiger partial charge is 0.495 e. The molecule has 0 spiro atoms. The van der Waals surface area contributed by atoms with Crippen LogP contribution in [0.25, 0.3) is 0 Å². The highest BCUT2D eigenvalue weighted by molar-refractivity contribution is 6.24. The summed E-state index contributed by atoms with van der Waals surface area (Å²) in [5.41, 5.74) is 6.46. The number of methoxy groups -OCH3 is 1. The van der Waals surface area contributed by atoms with E-state index in [1.54, 1.807) is 19.2 Å². The van der Waals surface area contributed by atoms with Gasteiger partial charge in [-0.1, -0.05) is 60.2 Å². The van der Waals surface area contributed by atoms with Crippen LogP contribution in [0.3, 0.4) is 0 Å². The van der Waals surface area contributed by atoms with Gasteiger partial charge in [-0.05, 0) is 41.3 Å². The zero-order valence-electron chi connectivity index (χ0n) is 16.8. The fourth-order valence-electron chi connectivity index (χ4n) is 5.90. The third-order valence-electron chi connectivity index (χ3n) is 7.02. The Bertz CT molecular complexity index is 1230. The molecule has 2 bridgehead atoms. The number of benzene rings is 3. The third-order valence-corrected chi connectivity index (χ3v) is 7.02. The predicted molar refractivity (Wildman–Crippen MR) is 114 cm³/mol. The normalized spacial score (nSPS) is 25.7. The Morgan fingerprint density at radius 2 is 1.30 bits per heavy atom. The number of para-hydroxylation sites is 2. The number of amides is 2. The van der Waals surface area contributed by atoms with Crippen LogP contribution in [0.5, 0.6) is 5.75 Å². The molecule has 3 aromatic rings. The Morgan fingerprint density at radius 1 is 0.733 bits per heavy atom. The number of anilines is 1. The standard InChI is InChI=1S/C26H21NO3/c1-14-11-12-17-18(13-14)22-16-8-4-3-7-15(16)21(17)23-24(22)26(29)27(25(23)28)19-9-5-6-10-20(19)30-2/h3-13,21-24H,1-2H3/t21-,22-,23-,24+/m0/s1. The van der Waals surface area contributed by atoms with Gasteiger partial charge in [-0.15, -0.1) is 0 Å². The number of nitrogens with zero attached hydrogens (tertiary/aromatic N) is 1. The first kappa shape index (κ1) is 17.5. The number of aryl methyl sites for hydroxylation is 1. The van der Waals surface area contributed by atoms with Crippen molar-refractivity contribution in [1.29, 1.82) is 0 Å². The second-order valence-electron chi connectivity index (χ2n) is 8.45.